The van der Waals surface area contributed by atoms with Crippen molar-refractivity contribution >= 4 is 17.7 Å². The van der Waals surface area contributed by atoms with Crippen LogP contribution in [0.5, 0.6) is 17.2 Å². The topological polar surface area (TPSA) is 83.7 Å². The lowest BCUT2D eigenvalue weighted by Gasteiger charge is -2.07. The highest BCUT2D eigenvalue weighted by Crippen LogP contribution is 2.32. The second-order valence-corrected chi connectivity index (χ2v) is 6.90. The molecule has 0 saturated carbocycles. The number of esters is 1. The van der Waals surface area contributed by atoms with Gasteiger partial charge in [-0.25, -0.2) is 0 Å². The van der Waals surface area contributed by atoms with Crippen molar-refractivity contribution in [2.45, 2.75) is 19.1 Å². The molecule has 2 aromatic carbocycles. The van der Waals surface area contributed by atoms with Gasteiger partial charge in [-0.2, -0.15) is 0 Å². The maximum absolute atomic E-state index is 12.1. The van der Waals surface area contributed by atoms with Crippen molar-refractivity contribution in [3.8, 4) is 28.7 Å². The maximum atomic E-state index is 12.1. The highest BCUT2D eigenvalue weighted by atomic mass is 32.2. The first-order valence-electron chi connectivity index (χ1n) is 8.46. The summed E-state index contributed by atoms with van der Waals surface area (Å²) >= 11 is 1.12. The maximum Gasteiger partial charge on any atom is 0.321 e. The lowest BCUT2D eigenvalue weighted by Crippen LogP contribution is -2.11. The van der Waals surface area contributed by atoms with Crippen molar-refractivity contribution in [2.75, 3.05) is 20.0 Å². The minimum absolute atomic E-state index is 0.0564. The summed E-state index contributed by atoms with van der Waals surface area (Å²) in [7, 11) is 3.12. The molecule has 1 aromatic heterocycles. The Morgan fingerprint density at radius 1 is 1.00 bits per heavy atom. The first-order chi connectivity index (χ1) is 13.5. The van der Waals surface area contributed by atoms with E-state index in [0.29, 0.717) is 28.7 Å². The van der Waals surface area contributed by atoms with Crippen molar-refractivity contribution in [2.24, 2.45) is 0 Å². The van der Waals surface area contributed by atoms with E-state index in [1.165, 1.54) is 0 Å². The number of rotatable bonds is 7. The molecule has 1 heterocycles. The molecular formula is C20H20N2O5S. The Labute approximate surface area is 167 Å². The summed E-state index contributed by atoms with van der Waals surface area (Å²) in [6, 6.07) is 10.9. The zero-order valence-corrected chi connectivity index (χ0v) is 16.8. The summed E-state index contributed by atoms with van der Waals surface area (Å²) in [6.45, 7) is 3.89. The van der Waals surface area contributed by atoms with Crippen LogP contribution in [0.2, 0.25) is 0 Å². The van der Waals surface area contributed by atoms with Crippen LogP contribution in [0.15, 0.2) is 46.0 Å². The van der Waals surface area contributed by atoms with Gasteiger partial charge in [-0.1, -0.05) is 29.5 Å². The molecular weight excluding hydrogens is 380 g/mol. The van der Waals surface area contributed by atoms with Crippen molar-refractivity contribution in [1.82, 2.24) is 10.2 Å². The Hall–Kier alpha value is -3.00. The average molecular weight is 400 g/mol. The Bertz CT molecular complexity index is 986. The molecule has 0 aliphatic carbocycles. The van der Waals surface area contributed by atoms with Crippen LogP contribution in [0.4, 0.5) is 0 Å². The Kier molecular flexibility index (Phi) is 6.20. The molecule has 0 amide bonds. The molecule has 7 nitrogen and oxygen atoms in total. The predicted octanol–water partition coefficient (Wildman–Crippen LogP) is 4.07. The summed E-state index contributed by atoms with van der Waals surface area (Å²) in [5.74, 6) is 1.71. The Morgan fingerprint density at radius 3 is 2.46 bits per heavy atom. The van der Waals surface area contributed by atoms with Crippen LogP contribution in [-0.4, -0.2) is 36.1 Å². The van der Waals surface area contributed by atoms with Crippen LogP contribution in [-0.2, 0) is 4.79 Å². The third kappa shape index (κ3) is 4.64. The van der Waals surface area contributed by atoms with Crippen LogP contribution in [0.25, 0.3) is 11.5 Å². The smallest absolute Gasteiger partial charge is 0.321 e. The van der Waals surface area contributed by atoms with Crippen molar-refractivity contribution in [3.63, 3.8) is 0 Å². The lowest BCUT2D eigenvalue weighted by molar-refractivity contribution is -0.131. The van der Waals surface area contributed by atoms with Crippen molar-refractivity contribution < 1.29 is 23.4 Å². The first kappa shape index (κ1) is 19.8. The molecule has 3 aromatic rings. The van der Waals surface area contributed by atoms with Gasteiger partial charge < -0.3 is 18.6 Å². The fraction of sp³-hybridized carbons (Fsp3) is 0.250. The summed E-state index contributed by atoms with van der Waals surface area (Å²) < 4.78 is 21.5. The highest BCUT2D eigenvalue weighted by Gasteiger charge is 2.15. The summed E-state index contributed by atoms with van der Waals surface area (Å²) in [5.41, 5.74) is 2.71. The number of aryl methyl sites for hydroxylation is 2. The third-order valence-electron chi connectivity index (χ3n) is 3.90. The Balaban J connectivity index is 1.62. The number of carbonyl (C=O) groups is 1. The second kappa shape index (κ2) is 8.79. The molecule has 8 heteroatoms. The largest absolute Gasteiger partial charge is 0.493 e. The van der Waals surface area contributed by atoms with Crippen molar-refractivity contribution in [1.29, 1.82) is 0 Å². The standard InChI is InChI=1S/C20H20N2O5S/c1-12-5-7-15(13(2)9-12)26-18(23)11-28-20-22-21-19(27-20)14-6-8-16(24-3)17(10-14)25-4/h5-10H,11H2,1-4H3. The minimum Gasteiger partial charge on any atom is -0.493 e. The van der Waals surface area contributed by atoms with E-state index in [1.54, 1.807) is 38.5 Å². The fourth-order valence-corrected chi connectivity index (χ4v) is 3.08. The first-order valence-corrected chi connectivity index (χ1v) is 9.45. The van der Waals surface area contributed by atoms with E-state index in [0.717, 1.165) is 22.9 Å². The normalized spacial score (nSPS) is 10.6. The zero-order chi connectivity index (χ0) is 20.1. The van der Waals surface area contributed by atoms with E-state index in [9.17, 15) is 4.79 Å². The number of thioether (sulfide) groups is 1. The van der Waals surface area contributed by atoms with E-state index in [1.807, 2.05) is 26.0 Å². The molecule has 0 unspecified atom stereocenters. The molecule has 0 bridgehead atoms. The minimum atomic E-state index is -0.386. The molecule has 0 saturated heterocycles. The van der Waals surface area contributed by atoms with E-state index in [4.69, 9.17) is 18.6 Å². The number of hydrogen-bond donors (Lipinski definition) is 0. The fourth-order valence-electron chi connectivity index (χ4n) is 2.54. The van der Waals surface area contributed by atoms with Gasteiger partial charge in [0.1, 0.15) is 11.5 Å². The van der Waals surface area contributed by atoms with Gasteiger partial charge in [0.15, 0.2) is 11.5 Å². The van der Waals surface area contributed by atoms with Gasteiger partial charge in [-0.3, -0.25) is 4.79 Å². The van der Waals surface area contributed by atoms with Crippen molar-refractivity contribution in [3.05, 3.63) is 47.5 Å². The van der Waals surface area contributed by atoms with Crippen LogP contribution >= 0.6 is 11.8 Å². The van der Waals surface area contributed by atoms with Crippen LogP contribution in [0.1, 0.15) is 11.1 Å². The number of nitrogens with zero attached hydrogens (tertiary/aromatic N) is 2. The van der Waals surface area contributed by atoms with Gasteiger partial charge in [0, 0.05) is 5.56 Å². The molecule has 146 valence electrons. The predicted molar refractivity (Wildman–Crippen MR) is 105 cm³/mol. The van der Waals surface area contributed by atoms with Gasteiger partial charge >= 0.3 is 5.97 Å². The number of methoxy groups -OCH3 is 2. The molecule has 28 heavy (non-hydrogen) atoms. The monoisotopic (exact) mass is 400 g/mol. The quantitative estimate of drug-likeness (QED) is 0.333. The molecule has 3 rings (SSSR count). The van der Waals surface area contributed by atoms with E-state index < -0.39 is 0 Å². The highest BCUT2D eigenvalue weighted by molar-refractivity contribution is 7.99. The van der Waals surface area contributed by atoms with Gasteiger partial charge in [0.2, 0.25) is 5.89 Å². The SMILES string of the molecule is COc1ccc(-c2nnc(SCC(=O)Oc3ccc(C)cc3C)o2)cc1OC. The average Bonchev–Trinajstić information content (AvgIpc) is 3.17. The summed E-state index contributed by atoms with van der Waals surface area (Å²) in [5, 5.41) is 8.26. The lowest BCUT2D eigenvalue weighted by atomic mass is 10.1. The molecule has 0 N–H and O–H groups in total. The van der Waals surface area contributed by atoms with Crippen LogP contribution in [0, 0.1) is 13.8 Å². The third-order valence-corrected chi connectivity index (χ3v) is 4.70. The van der Waals surface area contributed by atoms with E-state index in [-0.39, 0.29) is 16.9 Å². The molecule has 0 spiro atoms. The molecule has 0 aliphatic heterocycles. The molecule has 0 radical (unpaired) electrons. The molecule has 0 aliphatic rings. The second-order valence-electron chi connectivity index (χ2n) is 5.97. The number of ether oxygens (including phenoxy) is 3. The van der Waals surface area contributed by atoms with E-state index in [2.05, 4.69) is 10.2 Å². The molecule has 0 atom stereocenters. The van der Waals surface area contributed by atoms with E-state index >= 15 is 0 Å². The van der Waals surface area contributed by atoms with Gasteiger partial charge in [-0.15, -0.1) is 10.2 Å². The molecule has 0 fully saturated rings. The number of benzene rings is 2. The van der Waals surface area contributed by atoms with Gasteiger partial charge in [-0.05, 0) is 43.7 Å². The zero-order valence-electron chi connectivity index (χ0n) is 16.0. The summed E-state index contributed by atoms with van der Waals surface area (Å²) in [4.78, 5) is 12.1. The van der Waals surface area contributed by atoms with Crippen LogP contribution < -0.4 is 14.2 Å². The van der Waals surface area contributed by atoms with Gasteiger partial charge in [0.25, 0.3) is 5.22 Å². The number of hydrogen-bond acceptors (Lipinski definition) is 8. The van der Waals surface area contributed by atoms with Crippen LogP contribution in [0.3, 0.4) is 0 Å². The Morgan fingerprint density at radius 2 is 1.75 bits per heavy atom. The summed E-state index contributed by atoms with van der Waals surface area (Å²) in [6.07, 6.45) is 0. The number of carbonyl (C=O) groups excluding carboxylic acids is 1. The van der Waals surface area contributed by atoms with Gasteiger partial charge in [0.05, 0.1) is 14.2 Å². The number of aromatic nitrogens is 2.